The molecule has 5 nitrogen and oxygen atoms in total. The molecule has 20 heavy (non-hydrogen) atoms. The van der Waals surface area contributed by atoms with Gasteiger partial charge in [0.05, 0.1) is 18.2 Å². The smallest absolute Gasteiger partial charge is 0.240 e. The summed E-state index contributed by atoms with van der Waals surface area (Å²) in [6.45, 7) is 3.52. The number of aryl methyl sites for hydroxylation is 1. The van der Waals surface area contributed by atoms with Crippen LogP contribution in [0, 0.1) is 6.92 Å². The number of hydrogen-bond donors (Lipinski definition) is 0. The van der Waals surface area contributed by atoms with Crippen LogP contribution in [-0.4, -0.2) is 28.4 Å². The molecule has 1 saturated heterocycles. The Morgan fingerprint density at radius 3 is 3.05 bits per heavy atom. The van der Waals surface area contributed by atoms with Gasteiger partial charge in [0.25, 0.3) is 0 Å². The molecule has 1 aliphatic heterocycles. The van der Waals surface area contributed by atoms with Gasteiger partial charge in [0.15, 0.2) is 0 Å². The van der Waals surface area contributed by atoms with E-state index in [4.69, 9.17) is 9.15 Å². The normalized spacial score (nSPS) is 19.6. The lowest BCUT2D eigenvalue weighted by Crippen LogP contribution is -2.15. The van der Waals surface area contributed by atoms with E-state index in [0.717, 1.165) is 30.7 Å². The monoisotopic (exact) mass is 271 g/mol. The van der Waals surface area contributed by atoms with E-state index in [2.05, 4.69) is 15.2 Å². The maximum absolute atomic E-state index is 5.67. The molecule has 0 radical (unpaired) electrons. The molecule has 0 aromatic carbocycles. The number of pyridine rings is 1. The van der Waals surface area contributed by atoms with Crippen LogP contribution in [0.1, 0.15) is 41.8 Å². The van der Waals surface area contributed by atoms with Gasteiger partial charge in [-0.25, -0.2) is 0 Å². The van der Waals surface area contributed by atoms with Gasteiger partial charge in [-0.2, -0.15) is 0 Å². The summed E-state index contributed by atoms with van der Waals surface area (Å²) < 4.78 is 11.1. The molecule has 0 bridgehead atoms. The van der Waals surface area contributed by atoms with E-state index in [1.807, 2.05) is 25.1 Å². The van der Waals surface area contributed by atoms with Crippen LogP contribution in [0.5, 0.6) is 0 Å². The maximum Gasteiger partial charge on any atom is 0.240 e. The van der Waals surface area contributed by atoms with Crippen molar-refractivity contribution in [2.45, 2.75) is 25.7 Å². The summed E-state index contributed by atoms with van der Waals surface area (Å²) >= 11 is 0. The van der Waals surface area contributed by atoms with Gasteiger partial charge < -0.3 is 9.15 Å². The zero-order valence-corrected chi connectivity index (χ0v) is 11.5. The summed E-state index contributed by atoms with van der Waals surface area (Å²) in [6.07, 6.45) is 7.56. The third-order valence-electron chi connectivity index (χ3n) is 3.40. The second-order valence-electron chi connectivity index (χ2n) is 4.93. The van der Waals surface area contributed by atoms with Crippen LogP contribution in [0.15, 0.2) is 22.7 Å². The fourth-order valence-corrected chi connectivity index (χ4v) is 2.24. The van der Waals surface area contributed by atoms with Gasteiger partial charge in [0.1, 0.15) is 0 Å². The average molecular weight is 271 g/mol. The number of ether oxygens (including phenoxy) is 1. The summed E-state index contributed by atoms with van der Waals surface area (Å²) in [5.41, 5.74) is 2.03. The first kappa shape index (κ1) is 13.0. The van der Waals surface area contributed by atoms with Crippen molar-refractivity contribution < 1.29 is 9.15 Å². The van der Waals surface area contributed by atoms with Crippen LogP contribution < -0.4 is 0 Å². The zero-order chi connectivity index (χ0) is 13.8. The fourth-order valence-electron chi connectivity index (χ4n) is 2.24. The number of aromatic nitrogens is 3. The van der Waals surface area contributed by atoms with Gasteiger partial charge in [-0.15, -0.1) is 10.2 Å². The molecule has 0 aliphatic carbocycles. The molecule has 2 aromatic rings. The van der Waals surface area contributed by atoms with Crippen LogP contribution in [-0.2, 0) is 4.74 Å². The van der Waals surface area contributed by atoms with Gasteiger partial charge >= 0.3 is 0 Å². The predicted octanol–water partition coefficient (Wildman–Crippen LogP) is 2.84. The zero-order valence-electron chi connectivity index (χ0n) is 11.5. The maximum atomic E-state index is 5.67. The Morgan fingerprint density at radius 2 is 2.25 bits per heavy atom. The van der Waals surface area contributed by atoms with E-state index in [0.29, 0.717) is 18.4 Å². The van der Waals surface area contributed by atoms with Gasteiger partial charge in [0.2, 0.25) is 11.8 Å². The van der Waals surface area contributed by atoms with E-state index in [-0.39, 0.29) is 5.92 Å². The lowest BCUT2D eigenvalue weighted by atomic mass is 10.0. The lowest BCUT2D eigenvalue weighted by Gasteiger charge is -2.18. The molecule has 0 spiro atoms. The van der Waals surface area contributed by atoms with Crippen molar-refractivity contribution >= 4 is 12.2 Å². The Labute approximate surface area is 117 Å². The van der Waals surface area contributed by atoms with E-state index in [1.54, 1.807) is 12.3 Å². The molecule has 3 rings (SSSR count). The molecule has 1 aliphatic rings. The molecule has 1 fully saturated rings. The largest absolute Gasteiger partial charge is 0.421 e. The van der Waals surface area contributed by atoms with Crippen molar-refractivity contribution in [3.8, 4) is 0 Å². The first-order valence-corrected chi connectivity index (χ1v) is 6.84. The second kappa shape index (κ2) is 5.96. The van der Waals surface area contributed by atoms with E-state index in [1.165, 1.54) is 0 Å². The first-order chi connectivity index (χ1) is 9.83. The summed E-state index contributed by atoms with van der Waals surface area (Å²) in [5.74, 6) is 1.41. The standard InChI is InChI=1S/C15H17N3O2/c1-11-4-2-8-16-13(11)6-7-14-17-18-15(20-14)12-5-3-9-19-10-12/h2,4,6-8,12H,3,5,9-10H2,1H3. The van der Waals surface area contributed by atoms with E-state index >= 15 is 0 Å². The predicted molar refractivity (Wildman–Crippen MR) is 75.0 cm³/mol. The van der Waals surface area contributed by atoms with Crippen molar-refractivity contribution in [2.24, 2.45) is 0 Å². The summed E-state index contributed by atoms with van der Waals surface area (Å²) in [6, 6.07) is 3.94. The minimum absolute atomic E-state index is 0.231. The van der Waals surface area contributed by atoms with Crippen molar-refractivity contribution in [3.05, 3.63) is 41.4 Å². The Kier molecular flexibility index (Phi) is 3.87. The molecule has 0 N–H and O–H groups in total. The van der Waals surface area contributed by atoms with Gasteiger partial charge in [-0.1, -0.05) is 6.07 Å². The Hall–Kier alpha value is -2.01. The second-order valence-corrected chi connectivity index (χ2v) is 4.93. The van der Waals surface area contributed by atoms with Crippen LogP contribution in [0.4, 0.5) is 0 Å². The van der Waals surface area contributed by atoms with Crippen LogP contribution in [0.2, 0.25) is 0 Å². The van der Waals surface area contributed by atoms with E-state index in [9.17, 15) is 0 Å². The highest BCUT2D eigenvalue weighted by molar-refractivity contribution is 5.65. The lowest BCUT2D eigenvalue weighted by molar-refractivity contribution is 0.0724. The molecule has 2 aromatic heterocycles. The number of hydrogen-bond acceptors (Lipinski definition) is 5. The fraction of sp³-hybridized carbons (Fsp3) is 0.400. The highest BCUT2D eigenvalue weighted by Gasteiger charge is 2.21. The Bertz CT molecular complexity index is 601. The van der Waals surface area contributed by atoms with E-state index < -0.39 is 0 Å². The molecule has 1 atom stereocenters. The Balaban J connectivity index is 1.72. The van der Waals surface area contributed by atoms with Crippen LogP contribution in [0.25, 0.3) is 12.2 Å². The molecule has 0 amide bonds. The first-order valence-electron chi connectivity index (χ1n) is 6.84. The molecule has 3 heterocycles. The molecular weight excluding hydrogens is 254 g/mol. The Morgan fingerprint density at radius 1 is 1.30 bits per heavy atom. The molecular formula is C15H17N3O2. The topological polar surface area (TPSA) is 61.0 Å². The highest BCUT2D eigenvalue weighted by atomic mass is 16.5. The number of rotatable bonds is 3. The molecule has 0 saturated carbocycles. The summed E-state index contributed by atoms with van der Waals surface area (Å²) in [7, 11) is 0. The number of nitrogens with zero attached hydrogens (tertiary/aromatic N) is 3. The van der Waals surface area contributed by atoms with Gasteiger partial charge in [0, 0.05) is 18.9 Å². The minimum Gasteiger partial charge on any atom is -0.421 e. The SMILES string of the molecule is Cc1cccnc1C=Cc1nnc(C2CCCOC2)o1. The van der Waals surface area contributed by atoms with Crippen LogP contribution >= 0.6 is 0 Å². The summed E-state index contributed by atoms with van der Waals surface area (Å²) in [4.78, 5) is 4.29. The quantitative estimate of drug-likeness (QED) is 0.859. The third kappa shape index (κ3) is 2.93. The minimum atomic E-state index is 0.231. The van der Waals surface area contributed by atoms with Crippen LogP contribution in [0.3, 0.4) is 0 Å². The molecule has 1 unspecified atom stereocenters. The highest BCUT2D eigenvalue weighted by Crippen LogP contribution is 2.24. The summed E-state index contributed by atoms with van der Waals surface area (Å²) in [5, 5.41) is 8.16. The van der Waals surface area contributed by atoms with Gasteiger partial charge in [-0.3, -0.25) is 4.98 Å². The van der Waals surface area contributed by atoms with Gasteiger partial charge in [-0.05, 0) is 37.5 Å². The third-order valence-corrected chi connectivity index (χ3v) is 3.40. The molecule has 5 heteroatoms. The average Bonchev–Trinajstić information content (AvgIpc) is 2.96. The van der Waals surface area contributed by atoms with Crippen molar-refractivity contribution in [3.63, 3.8) is 0 Å². The van der Waals surface area contributed by atoms with Crippen molar-refractivity contribution in [1.82, 2.24) is 15.2 Å². The van der Waals surface area contributed by atoms with Crippen molar-refractivity contribution in [1.29, 1.82) is 0 Å². The molecule has 104 valence electrons. The van der Waals surface area contributed by atoms with Crippen molar-refractivity contribution in [2.75, 3.05) is 13.2 Å².